The van der Waals surface area contributed by atoms with Crippen LogP contribution in [0, 0.1) is 6.92 Å². The van der Waals surface area contributed by atoms with Crippen LogP contribution in [0.3, 0.4) is 0 Å². The zero-order chi connectivity index (χ0) is 23.5. The zero-order valence-corrected chi connectivity index (χ0v) is 19.6. The quantitative estimate of drug-likeness (QED) is 0.458. The van der Waals surface area contributed by atoms with Gasteiger partial charge in [0.1, 0.15) is 0 Å². The summed E-state index contributed by atoms with van der Waals surface area (Å²) in [6.45, 7) is 5.23. The number of halogens is 1. The number of hydrogen-bond donors (Lipinski definition) is 1. The fraction of sp³-hybridized carbons (Fsp3) is 0.280. The minimum absolute atomic E-state index is 0.00427. The first kappa shape index (κ1) is 22.5. The molecular formula is C25H25ClN6O2. The number of benzene rings is 2. The number of nitrogens with zero attached hydrogens (tertiary/aromatic N) is 5. The SMILES string of the molecule is Cc1c(C(=O)NCC(c2ccc(Cl)cc2)N2CCOCC2)nnn1-c1cccc2ncccc12. The van der Waals surface area contributed by atoms with Gasteiger partial charge in [0.25, 0.3) is 5.91 Å². The van der Waals surface area contributed by atoms with E-state index in [0.29, 0.717) is 36.2 Å². The van der Waals surface area contributed by atoms with Crippen molar-refractivity contribution in [1.29, 1.82) is 0 Å². The molecule has 0 radical (unpaired) electrons. The maximum Gasteiger partial charge on any atom is 0.273 e. The van der Waals surface area contributed by atoms with E-state index in [1.807, 2.05) is 61.5 Å². The summed E-state index contributed by atoms with van der Waals surface area (Å²) in [5.41, 5.74) is 3.76. The second-order valence-corrected chi connectivity index (χ2v) is 8.64. The highest BCUT2D eigenvalue weighted by molar-refractivity contribution is 6.30. The Hall–Kier alpha value is -3.33. The lowest BCUT2D eigenvalue weighted by Crippen LogP contribution is -2.44. The van der Waals surface area contributed by atoms with Crippen LogP contribution in [0.25, 0.3) is 16.6 Å². The predicted molar refractivity (Wildman–Crippen MR) is 130 cm³/mol. The molecule has 34 heavy (non-hydrogen) atoms. The first-order valence-electron chi connectivity index (χ1n) is 11.2. The van der Waals surface area contributed by atoms with Crippen LogP contribution in [0.4, 0.5) is 0 Å². The number of morpholine rings is 1. The molecule has 9 heteroatoms. The molecule has 2 aromatic carbocycles. The number of fused-ring (bicyclic) bond motifs is 1. The van der Waals surface area contributed by atoms with E-state index < -0.39 is 0 Å². The van der Waals surface area contributed by atoms with E-state index in [2.05, 4.69) is 25.5 Å². The Bertz CT molecular complexity index is 1300. The largest absolute Gasteiger partial charge is 0.379 e. The molecule has 174 valence electrons. The molecule has 2 aromatic heterocycles. The standard InChI is InChI=1S/C25H25ClN6O2/c1-17-24(29-30-32(17)22-6-2-5-21-20(22)4-3-11-27-21)25(33)28-16-23(31-12-14-34-15-13-31)18-7-9-19(26)10-8-18/h2-11,23H,12-16H2,1H3,(H,28,33). The molecule has 1 aliphatic rings. The number of carbonyl (C=O) groups excluding carboxylic acids is 1. The average molecular weight is 477 g/mol. The first-order valence-corrected chi connectivity index (χ1v) is 11.6. The van der Waals surface area contributed by atoms with E-state index in [-0.39, 0.29) is 11.9 Å². The molecule has 0 aliphatic carbocycles. The van der Waals surface area contributed by atoms with Crippen molar-refractivity contribution in [3.63, 3.8) is 0 Å². The van der Waals surface area contributed by atoms with Crippen molar-refractivity contribution in [2.24, 2.45) is 0 Å². The maximum atomic E-state index is 13.1. The Kier molecular flexibility index (Phi) is 6.53. The van der Waals surface area contributed by atoms with E-state index in [1.165, 1.54) is 0 Å². The van der Waals surface area contributed by atoms with Gasteiger partial charge in [0, 0.05) is 36.2 Å². The van der Waals surface area contributed by atoms with Gasteiger partial charge in [-0.15, -0.1) is 5.10 Å². The Morgan fingerprint density at radius 3 is 2.71 bits per heavy atom. The third kappa shape index (κ3) is 4.52. The highest BCUT2D eigenvalue weighted by Gasteiger charge is 2.25. The minimum Gasteiger partial charge on any atom is -0.379 e. The minimum atomic E-state index is -0.255. The molecule has 1 aliphatic heterocycles. The van der Waals surface area contributed by atoms with Crippen LogP contribution in [0.15, 0.2) is 60.8 Å². The maximum absolute atomic E-state index is 13.1. The van der Waals surface area contributed by atoms with Gasteiger partial charge >= 0.3 is 0 Å². The van der Waals surface area contributed by atoms with Crippen LogP contribution >= 0.6 is 11.6 Å². The van der Waals surface area contributed by atoms with Gasteiger partial charge in [-0.2, -0.15) is 0 Å². The van der Waals surface area contributed by atoms with Crippen molar-refractivity contribution < 1.29 is 9.53 Å². The molecule has 0 bridgehead atoms. The van der Waals surface area contributed by atoms with E-state index in [9.17, 15) is 4.79 Å². The van der Waals surface area contributed by atoms with Crippen LogP contribution in [-0.4, -0.2) is 63.6 Å². The second-order valence-electron chi connectivity index (χ2n) is 8.21. The fourth-order valence-electron chi connectivity index (χ4n) is 4.34. The van der Waals surface area contributed by atoms with Crippen LogP contribution in [0.5, 0.6) is 0 Å². The normalized spacial score (nSPS) is 15.4. The summed E-state index contributed by atoms with van der Waals surface area (Å²) in [4.78, 5) is 19.9. The van der Waals surface area contributed by atoms with E-state index in [4.69, 9.17) is 16.3 Å². The number of ether oxygens (including phenoxy) is 1. The summed E-state index contributed by atoms with van der Waals surface area (Å²) in [6, 6.07) is 17.4. The number of nitrogens with one attached hydrogen (secondary N) is 1. The monoisotopic (exact) mass is 476 g/mol. The number of pyridine rings is 1. The molecule has 1 atom stereocenters. The lowest BCUT2D eigenvalue weighted by atomic mass is 10.0. The number of rotatable bonds is 6. The third-order valence-corrected chi connectivity index (χ3v) is 6.41. The summed E-state index contributed by atoms with van der Waals surface area (Å²) in [5.74, 6) is -0.255. The van der Waals surface area contributed by atoms with Gasteiger partial charge in [-0.1, -0.05) is 35.0 Å². The molecule has 5 rings (SSSR count). The third-order valence-electron chi connectivity index (χ3n) is 6.16. The Labute approximate surface area is 202 Å². The Balaban J connectivity index is 1.37. The second kappa shape index (κ2) is 9.89. The molecule has 3 heterocycles. The first-order chi connectivity index (χ1) is 16.6. The molecule has 1 fully saturated rings. The summed E-state index contributed by atoms with van der Waals surface area (Å²) in [5, 5.41) is 13.2. The highest BCUT2D eigenvalue weighted by atomic mass is 35.5. The number of hydrogen-bond acceptors (Lipinski definition) is 6. The topological polar surface area (TPSA) is 85.2 Å². The van der Waals surface area contributed by atoms with Crippen LogP contribution in [0.2, 0.25) is 5.02 Å². The predicted octanol–water partition coefficient (Wildman–Crippen LogP) is 3.58. The molecular weight excluding hydrogens is 452 g/mol. The highest BCUT2D eigenvalue weighted by Crippen LogP contribution is 2.24. The molecule has 8 nitrogen and oxygen atoms in total. The summed E-state index contributed by atoms with van der Waals surface area (Å²) in [6.07, 6.45) is 1.75. The molecule has 0 spiro atoms. The van der Waals surface area contributed by atoms with Crippen LogP contribution < -0.4 is 5.32 Å². The number of aromatic nitrogens is 4. The van der Waals surface area contributed by atoms with Crippen LogP contribution in [-0.2, 0) is 4.74 Å². The summed E-state index contributed by atoms with van der Waals surface area (Å²) >= 11 is 6.09. The Morgan fingerprint density at radius 2 is 1.91 bits per heavy atom. The Morgan fingerprint density at radius 1 is 1.12 bits per heavy atom. The molecule has 1 amide bonds. The van der Waals surface area contributed by atoms with E-state index >= 15 is 0 Å². The van der Waals surface area contributed by atoms with Crippen molar-refractivity contribution >= 4 is 28.4 Å². The van der Waals surface area contributed by atoms with Gasteiger partial charge in [-0.05, 0) is 48.9 Å². The van der Waals surface area contributed by atoms with Gasteiger partial charge in [0.2, 0.25) is 0 Å². The zero-order valence-electron chi connectivity index (χ0n) is 18.8. The molecule has 4 aromatic rings. The van der Waals surface area contributed by atoms with Gasteiger partial charge in [-0.25, -0.2) is 4.68 Å². The van der Waals surface area contributed by atoms with Gasteiger partial charge in [0.05, 0.1) is 36.2 Å². The molecule has 1 unspecified atom stereocenters. The van der Waals surface area contributed by atoms with E-state index in [1.54, 1.807) is 10.9 Å². The molecule has 0 saturated carbocycles. The van der Waals surface area contributed by atoms with Crippen molar-refractivity contribution in [2.75, 3.05) is 32.8 Å². The van der Waals surface area contributed by atoms with E-state index in [0.717, 1.165) is 35.2 Å². The van der Waals surface area contributed by atoms with Crippen molar-refractivity contribution in [3.05, 3.63) is 82.8 Å². The molecule has 1 saturated heterocycles. The van der Waals surface area contributed by atoms with Gasteiger partial charge < -0.3 is 10.1 Å². The van der Waals surface area contributed by atoms with Crippen LogP contribution in [0.1, 0.15) is 27.8 Å². The number of amides is 1. The number of carbonyl (C=O) groups is 1. The van der Waals surface area contributed by atoms with Crippen molar-refractivity contribution in [3.8, 4) is 5.69 Å². The summed E-state index contributed by atoms with van der Waals surface area (Å²) in [7, 11) is 0. The van der Waals surface area contributed by atoms with Gasteiger partial charge in [0.15, 0.2) is 5.69 Å². The lowest BCUT2D eigenvalue weighted by Gasteiger charge is -2.34. The average Bonchev–Trinajstić information content (AvgIpc) is 3.26. The fourth-order valence-corrected chi connectivity index (χ4v) is 4.47. The smallest absolute Gasteiger partial charge is 0.273 e. The molecule has 1 N–H and O–H groups in total. The van der Waals surface area contributed by atoms with Crippen molar-refractivity contribution in [2.45, 2.75) is 13.0 Å². The van der Waals surface area contributed by atoms with Gasteiger partial charge in [-0.3, -0.25) is 14.7 Å². The van der Waals surface area contributed by atoms with Crippen molar-refractivity contribution in [1.82, 2.24) is 30.2 Å². The lowest BCUT2D eigenvalue weighted by molar-refractivity contribution is 0.0162. The summed E-state index contributed by atoms with van der Waals surface area (Å²) < 4.78 is 7.21.